The molecule has 1 aliphatic carbocycles. The maximum absolute atomic E-state index is 12.2. The molecule has 1 saturated carbocycles. The lowest BCUT2D eigenvalue weighted by Gasteiger charge is -2.40. The SMILES string of the molecule is CC(C)(C)OC(=O)N1CCC(CBr)CC12CC2. The number of carbonyl (C=O) groups excluding carboxylic acids is 1. The van der Waals surface area contributed by atoms with E-state index < -0.39 is 0 Å². The molecule has 2 rings (SSSR count). The highest BCUT2D eigenvalue weighted by Crippen LogP contribution is 2.50. The fourth-order valence-electron chi connectivity index (χ4n) is 2.65. The van der Waals surface area contributed by atoms with Crippen LogP contribution in [0.15, 0.2) is 0 Å². The van der Waals surface area contributed by atoms with Gasteiger partial charge in [-0.05, 0) is 52.4 Å². The summed E-state index contributed by atoms with van der Waals surface area (Å²) in [5, 5.41) is 1.05. The smallest absolute Gasteiger partial charge is 0.410 e. The second-order valence-corrected chi connectivity index (χ2v) is 7.02. The van der Waals surface area contributed by atoms with Crippen molar-refractivity contribution in [2.75, 3.05) is 11.9 Å². The summed E-state index contributed by atoms with van der Waals surface area (Å²) in [6.07, 6.45) is 4.40. The molecular formula is C13H22BrNO2. The van der Waals surface area contributed by atoms with Gasteiger partial charge in [-0.2, -0.15) is 0 Å². The molecule has 1 unspecified atom stereocenters. The van der Waals surface area contributed by atoms with Crippen molar-refractivity contribution in [2.24, 2.45) is 5.92 Å². The Bertz CT molecular complexity index is 307. The number of hydrogen-bond acceptors (Lipinski definition) is 2. The van der Waals surface area contributed by atoms with Crippen LogP contribution >= 0.6 is 15.9 Å². The Hall–Kier alpha value is -0.250. The number of likely N-dealkylation sites (tertiary alicyclic amines) is 1. The maximum Gasteiger partial charge on any atom is 0.410 e. The number of nitrogens with zero attached hydrogens (tertiary/aromatic N) is 1. The van der Waals surface area contributed by atoms with Crippen molar-refractivity contribution < 1.29 is 9.53 Å². The predicted octanol–water partition coefficient (Wildman–Crippen LogP) is 3.56. The van der Waals surface area contributed by atoms with Gasteiger partial charge in [-0.3, -0.25) is 0 Å². The van der Waals surface area contributed by atoms with Crippen molar-refractivity contribution in [1.29, 1.82) is 0 Å². The Kier molecular flexibility index (Phi) is 3.45. The van der Waals surface area contributed by atoms with Gasteiger partial charge in [0.1, 0.15) is 5.60 Å². The van der Waals surface area contributed by atoms with Gasteiger partial charge < -0.3 is 9.64 Å². The fraction of sp³-hybridized carbons (Fsp3) is 0.923. The lowest BCUT2D eigenvalue weighted by atomic mass is 9.91. The summed E-state index contributed by atoms with van der Waals surface area (Å²) in [6.45, 7) is 6.63. The summed E-state index contributed by atoms with van der Waals surface area (Å²) >= 11 is 3.56. The molecule has 1 amide bonds. The van der Waals surface area contributed by atoms with Gasteiger partial charge in [0.05, 0.1) is 0 Å². The zero-order chi connectivity index (χ0) is 12.7. The Morgan fingerprint density at radius 1 is 1.47 bits per heavy atom. The lowest BCUT2D eigenvalue weighted by molar-refractivity contribution is 0.00118. The quantitative estimate of drug-likeness (QED) is 0.693. The molecule has 0 aromatic rings. The molecule has 0 bridgehead atoms. The summed E-state index contributed by atoms with van der Waals surface area (Å²) in [5.74, 6) is 0.719. The molecule has 1 heterocycles. The van der Waals surface area contributed by atoms with Gasteiger partial charge in [-0.15, -0.1) is 0 Å². The fourth-order valence-corrected chi connectivity index (χ4v) is 3.20. The van der Waals surface area contributed by atoms with Crippen molar-refractivity contribution in [3.8, 4) is 0 Å². The van der Waals surface area contributed by atoms with E-state index in [2.05, 4.69) is 15.9 Å². The second kappa shape index (κ2) is 4.45. The van der Waals surface area contributed by atoms with Crippen LogP contribution in [0.1, 0.15) is 46.5 Å². The van der Waals surface area contributed by atoms with E-state index in [1.54, 1.807) is 0 Å². The Labute approximate surface area is 112 Å². The van der Waals surface area contributed by atoms with E-state index in [9.17, 15) is 4.79 Å². The van der Waals surface area contributed by atoms with Gasteiger partial charge in [0.25, 0.3) is 0 Å². The maximum atomic E-state index is 12.2. The van der Waals surface area contributed by atoms with Crippen molar-refractivity contribution in [3.05, 3.63) is 0 Å². The average Bonchev–Trinajstić information content (AvgIpc) is 2.95. The molecule has 1 aliphatic heterocycles. The normalized spacial score (nSPS) is 27.1. The highest BCUT2D eigenvalue weighted by molar-refractivity contribution is 9.09. The topological polar surface area (TPSA) is 29.5 Å². The van der Waals surface area contributed by atoms with Crippen LogP contribution in [-0.2, 0) is 4.74 Å². The molecular weight excluding hydrogens is 282 g/mol. The van der Waals surface area contributed by atoms with E-state index in [4.69, 9.17) is 4.74 Å². The third-order valence-corrected chi connectivity index (χ3v) is 4.58. The molecule has 0 aromatic carbocycles. The first-order chi connectivity index (χ1) is 7.86. The minimum Gasteiger partial charge on any atom is -0.444 e. The van der Waals surface area contributed by atoms with Gasteiger partial charge in [-0.1, -0.05) is 15.9 Å². The summed E-state index contributed by atoms with van der Waals surface area (Å²) in [6, 6.07) is 0. The van der Waals surface area contributed by atoms with Crippen LogP contribution in [0.5, 0.6) is 0 Å². The number of alkyl halides is 1. The molecule has 3 nitrogen and oxygen atoms in total. The van der Waals surface area contributed by atoms with E-state index in [0.29, 0.717) is 0 Å². The second-order valence-electron chi connectivity index (χ2n) is 6.37. The molecule has 0 aromatic heterocycles. The van der Waals surface area contributed by atoms with Crippen molar-refractivity contribution in [3.63, 3.8) is 0 Å². The molecule has 1 spiro atoms. The molecule has 17 heavy (non-hydrogen) atoms. The number of carbonyl (C=O) groups is 1. The molecule has 0 N–H and O–H groups in total. The molecule has 1 atom stereocenters. The molecule has 1 saturated heterocycles. The largest absolute Gasteiger partial charge is 0.444 e. The van der Waals surface area contributed by atoms with E-state index >= 15 is 0 Å². The summed E-state index contributed by atoms with van der Waals surface area (Å²) in [4.78, 5) is 14.1. The Balaban J connectivity index is 2.00. The molecule has 2 fully saturated rings. The van der Waals surface area contributed by atoms with Crippen molar-refractivity contribution in [2.45, 2.75) is 57.6 Å². The number of rotatable bonds is 1. The lowest BCUT2D eigenvalue weighted by Crippen LogP contribution is -2.50. The number of hydrogen-bond donors (Lipinski definition) is 0. The predicted molar refractivity (Wildman–Crippen MR) is 71.4 cm³/mol. The van der Waals surface area contributed by atoms with Crippen molar-refractivity contribution >= 4 is 22.0 Å². The Morgan fingerprint density at radius 2 is 2.12 bits per heavy atom. The van der Waals surface area contributed by atoms with Gasteiger partial charge in [0.2, 0.25) is 0 Å². The standard InChI is InChI=1S/C13H22BrNO2/c1-12(2,3)17-11(16)15-7-4-10(9-14)8-13(15)5-6-13/h10H,4-9H2,1-3H3. The highest BCUT2D eigenvalue weighted by Gasteiger charge is 2.54. The van der Waals surface area contributed by atoms with Gasteiger partial charge in [0, 0.05) is 17.4 Å². The summed E-state index contributed by atoms with van der Waals surface area (Å²) in [7, 11) is 0. The van der Waals surface area contributed by atoms with E-state index in [1.165, 1.54) is 0 Å². The van der Waals surface area contributed by atoms with Crippen molar-refractivity contribution in [1.82, 2.24) is 4.90 Å². The number of ether oxygens (including phenoxy) is 1. The third kappa shape index (κ3) is 2.95. The summed E-state index contributed by atoms with van der Waals surface area (Å²) in [5.41, 5.74) is -0.252. The van der Waals surface area contributed by atoms with Gasteiger partial charge >= 0.3 is 6.09 Å². The van der Waals surface area contributed by atoms with Crippen LogP contribution in [0.4, 0.5) is 4.79 Å². The molecule has 0 radical (unpaired) electrons. The van der Waals surface area contributed by atoms with Crippen LogP contribution in [0.3, 0.4) is 0 Å². The third-order valence-electron chi connectivity index (χ3n) is 3.66. The minimum atomic E-state index is -0.389. The van der Waals surface area contributed by atoms with Crippen LogP contribution < -0.4 is 0 Å². The summed E-state index contributed by atoms with van der Waals surface area (Å²) < 4.78 is 5.50. The van der Waals surface area contributed by atoms with Crippen LogP contribution in [0, 0.1) is 5.92 Å². The first-order valence-corrected chi connectivity index (χ1v) is 7.55. The zero-order valence-corrected chi connectivity index (χ0v) is 12.5. The number of halogens is 1. The average molecular weight is 304 g/mol. The van der Waals surface area contributed by atoms with Gasteiger partial charge in [0.15, 0.2) is 0 Å². The Morgan fingerprint density at radius 3 is 2.59 bits per heavy atom. The molecule has 4 heteroatoms. The van der Waals surface area contributed by atoms with Crippen LogP contribution in [0.2, 0.25) is 0 Å². The van der Waals surface area contributed by atoms with E-state index in [0.717, 1.165) is 43.5 Å². The van der Waals surface area contributed by atoms with E-state index in [-0.39, 0.29) is 17.2 Å². The monoisotopic (exact) mass is 303 g/mol. The number of amides is 1. The van der Waals surface area contributed by atoms with Crippen LogP contribution in [-0.4, -0.2) is 34.0 Å². The first kappa shape index (κ1) is 13.2. The van der Waals surface area contributed by atoms with Gasteiger partial charge in [-0.25, -0.2) is 4.79 Å². The first-order valence-electron chi connectivity index (χ1n) is 6.43. The highest BCUT2D eigenvalue weighted by atomic mass is 79.9. The molecule has 2 aliphatic rings. The zero-order valence-electron chi connectivity index (χ0n) is 11.0. The number of piperidine rings is 1. The van der Waals surface area contributed by atoms with E-state index in [1.807, 2.05) is 25.7 Å². The molecule has 98 valence electrons. The van der Waals surface area contributed by atoms with Crippen LogP contribution in [0.25, 0.3) is 0 Å². The minimum absolute atomic E-state index is 0.122.